The predicted octanol–water partition coefficient (Wildman–Crippen LogP) is 7.82. The van der Waals surface area contributed by atoms with Gasteiger partial charge in [0, 0.05) is 5.56 Å². The topological polar surface area (TPSA) is 0 Å². The van der Waals surface area contributed by atoms with Gasteiger partial charge in [0.15, 0.2) is 17.5 Å². The van der Waals surface area contributed by atoms with Gasteiger partial charge in [-0.1, -0.05) is 62.2 Å². The lowest BCUT2D eigenvalue weighted by molar-refractivity contribution is 0.447. The highest BCUT2D eigenvalue weighted by atomic mass is 19.2. The normalized spacial score (nSPS) is 13.1. The summed E-state index contributed by atoms with van der Waals surface area (Å²) in [6.45, 7) is 2.19. The van der Waals surface area contributed by atoms with Crippen LogP contribution in [0.5, 0.6) is 0 Å². The number of hydrogen-bond donors (Lipinski definition) is 0. The molecule has 0 atom stereocenters. The second kappa shape index (κ2) is 9.09. The first-order chi connectivity index (χ1) is 15.0. The lowest BCUT2D eigenvalue weighted by Gasteiger charge is -2.20. The highest BCUT2D eigenvalue weighted by Gasteiger charge is 2.21. The summed E-state index contributed by atoms with van der Waals surface area (Å²) in [4.78, 5) is 0. The van der Waals surface area contributed by atoms with Crippen LogP contribution in [0.2, 0.25) is 0 Å². The van der Waals surface area contributed by atoms with E-state index in [0.29, 0.717) is 18.4 Å². The first-order valence-electron chi connectivity index (χ1n) is 10.7. The minimum Gasteiger partial charge on any atom is -0.206 e. The number of benzene rings is 3. The zero-order valence-electron chi connectivity index (χ0n) is 17.5. The molecule has 0 aromatic heterocycles. The van der Waals surface area contributed by atoms with Crippen LogP contribution in [0, 0.1) is 23.3 Å². The molecule has 0 heterocycles. The molecule has 0 saturated heterocycles. The molecule has 0 bridgehead atoms. The van der Waals surface area contributed by atoms with Gasteiger partial charge in [-0.15, -0.1) is 0 Å². The van der Waals surface area contributed by atoms with Crippen LogP contribution in [-0.2, 0) is 19.3 Å². The summed E-state index contributed by atoms with van der Waals surface area (Å²) < 4.78 is 55.6. The third kappa shape index (κ3) is 4.43. The van der Waals surface area contributed by atoms with E-state index in [1.54, 1.807) is 6.07 Å². The number of unbranched alkanes of at least 4 members (excludes halogenated alkanes) is 2. The molecule has 0 N–H and O–H groups in total. The molecule has 0 fully saturated rings. The molecule has 0 aliphatic heterocycles. The Morgan fingerprint density at radius 2 is 1.48 bits per heavy atom. The Morgan fingerprint density at radius 1 is 0.774 bits per heavy atom. The maximum Gasteiger partial charge on any atom is 0.194 e. The average Bonchev–Trinajstić information content (AvgIpc) is 2.78. The molecule has 1 aliphatic carbocycles. The molecule has 0 radical (unpaired) electrons. The van der Waals surface area contributed by atoms with Crippen molar-refractivity contribution in [1.29, 1.82) is 0 Å². The minimum atomic E-state index is -1.55. The molecule has 0 amide bonds. The van der Waals surface area contributed by atoms with E-state index in [1.165, 1.54) is 30.9 Å². The summed E-state index contributed by atoms with van der Waals surface area (Å²) in [6, 6.07) is 13.5. The van der Waals surface area contributed by atoms with Crippen molar-refractivity contribution in [2.75, 3.05) is 0 Å². The van der Waals surface area contributed by atoms with Crippen molar-refractivity contribution < 1.29 is 17.6 Å². The second-order valence-electron chi connectivity index (χ2n) is 8.08. The predicted molar refractivity (Wildman–Crippen MR) is 117 cm³/mol. The van der Waals surface area contributed by atoms with Crippen LogP contribution >= 0.6 is 0 Å². The first kappa shape index (κ1) is 21.4. The molecule has 31 heavy (non-hydrogen) atoms. The first-order valence-corrected chi connectivity index (χ1v) is 10.7. The van der Waals surface area contributed by atoms with E-state index in [4.69, 9.17) is 0 Å². The molecule has 0 saturated carbocycles. The highest BCUT2D eigenvalue weighted by Crippen LogP contribution is 2.34. The van der Waals surface area contributed by atoms with Crippen molar-refractivity contribution in [1.82, 2.24) is 0 Å². The van der Waals surface area contributed by atoms with Gasteiger partial charge >= 0.3 is 0 Å². The minimum absolute atomic E-state index is 0.00913. The van der Waals surface area contributed by atoms with E-state index in [1.807, 2.05) is 6.08 Å². The lowest BCUT2D eigenvalue weighted by Crippen LogP contribution is -2.07. The number of allylic oxidation sites excluding steroid dienone is 2. The van der Waals surface area contributed by atoms with E-state index in [-0.39, 0.29) is 11.1 Å². The van der Waals surface area contributed by atoms with Crippen LogP contribution < -0.4 is 0 Å². The Balaban J connectivity index is 1.56. The zero-order valence-corrected chi connectivity index (χ0v) is 17.5. The Hall–Kier alpha value is -2.88. The van der Waals surface area contributed by atoms with Crippen molar-refractivity contribution in [3.63, 3.8) is 0 Å². The monoisotopic (exact) mass is 424 g/mol. The van der Waals surface area contributed by atoms with Crippen LogP contribution in [0.1, 0.15) is 48.4 Å². The van der Waals surface area contributed by atoms with Crippen molar-refractivity contribution in [3.05, 3.63) is 100 Å². The lowest BCUT2D eigenvalue weighted by atomic mass is 9.85. The Kier molecular flexibility index (Phi) is 6.26. The summed E-state index contributed by atoms with van der Waals surface area (Å²) in [7, 11) is 0. The molecular weight excluding hydrogens is 400 g/mol. The summed E-state index contributed by atoms with van der Waals surface area (Å²) in [5, 5.41) is 0. The van der Waals surface area contributed by atoms with E-state index >= 15 is 4.39 Å². The number of fused-ring (bicyclic) bond motifs is 1. The van der Waals surface area contributed by atoms with E-state index in [0.717, 1.165) is 35.3 Å². The largest absolute Gasteiger partial charge is 0.206 e. The fraction of sp³-hybridized carbons (Fsp3) is 0.259. The fourth-order valence-corrected chi connectivity index (χ4v) is 4.17. The molecule has 4 rings (SSSR count). The van der Waals surface area contributed by atoms with Crippen LogP contribution in [0.25, 0.3) is 16.7 Å². The Labute approximate surface area is 180 Å². The van der Waals surface area contributed by atoms with Gasteiger partial charge in [-0.2, -0.15) is 0 Å². The van der Waals surface area contributed by atoms with Gasteiger partial charge in [0.2, 0.25) is 0 Å². The van der Waals surface area contributed by atoms with Gasteiger partial charge in [-0.05, 0) is 71.2 Å². The third-order valence-electron chi connectivity index (χ3n) is 5.96. The van der Waals surface area contributed by atoms with Crippen LogP contribution in [0.15, 0.2) is 54.6 Å². The third-order valence-corrected chi connectivity index (χ3v) is 5.96. The average molecular weight is 424 g/mol. The SMILES string of the molecule is CCCCCc1ccc(C2=CCc3c(ccc(-c4cc(F)c(F)c(F)c4)c3F)C2)cc1. The molecule has 3 aromatic carbocycles. The van der Waals surface area contributed by atoms with Gasteiger partial charge < -0.3 is 0 Å². The van der Waals surface area contributed by atoms with E-state index in [9.17, 15) is 13.2 Å². The summed E-state index contributed by atoms with van der Waals surface area (Å²) in [5.41, 5.74) is 5.02. The molecule has 0 unspecified atom stereocenters. The standard InChI is InChI=1S/C27H24F4/c1-2-3-4-5-17-6-8-18(9-7-17)19-10-12-22-20(14-19)11-13-23(26(22)30)21-15-24(28)27(31)25(29)16-21/h6-11,13,15-16H,2-5,12,14H2,1H3. The molecule has 4 heteroatoms. The molecule has 160 valence electrons. The van der Waals surface area contributed by atoms with Crippen LogP contribution in [0.3, 0.4) is 0 Å². The zero-order chi connectivity index (χ0) is 22.0. The molecule has 0 nitrogen and oxygen atoms in total. The van der Waals surface area contributed by atoms with Crippen LogP contribution in [-0.4, -0.2) is 0 Å². The van der Waals surface area contributed by atoms with Crippen molar-refractivity contribution in [3.8, 4) is 11.1 Å². The van der Waals surface area contributed by atoms with Gasteiger partial charge in [-0.3, -0.25) is 0 Å². The summed E-state index contributed by atoms with van der Waals surface area (Å²) in [5.74, 6) is -4.71. The molecule has 1 aliphatic rings. The van der Waals surface area contributed by atoms with Gasteiger partial charge in [0.1, 0.15) is 5.82 Å². The van der Waals surface area contributed by atoms with Gasteiger partial charge in [-0.25, -0.2) is 17.6 Å². The second-order valence-corrected chi connectivity index (χ2v) is 8.08. The maximum absolute atomic E-state index is 15.2. The molecule has 3 aromatic rings. The summed E-state index contributed by atoms with van der Waals surface area (Å²) >= 11 is 0. The van der Waals surface area contributed by atoms with E-state index < -0.39 is 23.3 Å². The number of hydrogen-bond acceptors (Lipinski definition) is 0. The number of aryl methyl sites for hydroxylation is 1. The fourth-order valence-electron chi connectivity index (χ4n) is 4.17. The van der Waals surface area contributed by atoms with E-state index in [2.05, 4.69) is 31.2 Å². The van der Waals surface area contributed by atoms with Gasteiger partial charge in [0.25, 0.3) is 0 Å². The Morgan fingerprint density at radius 3 is 2.16 bits per heavy atom. The van der Waals surface area contributed by atoms with Gasteiger partial charge in [0.05, 0.1) is 0 Å². The van der Waals surface area contributed by atoms with Crippen LogP contribution in [0.4, 0.5) is 17.6 Å². The quantitative estimate of drug-likeness (QED) is 0.215. The smallest absolute Gasteiger partial charge is 0.194 e. The highest BCUT2D eigenvalue weighted by molar-refractivity contribution is 5.73. The van der Waals surface area contributed by atoms with Crippen molar-refractivity contribution >= 4 is 5.57 Å². The molecule has 0 spiro atoms. The summed E-state index contributed by atoms with van der Waals surface area (Å²) in [6.07, 6.45) is 7.70. The number of halogens is 4. The maximum atomic E-state index is 15.2. The number of rotatable bonds is 6. The van der Waals surface area contributed by atoms with Crippen molar-refractivity contribution in [2.24, 2.45) is 0 Å². The van der Waals surface area contributed by atoms with Crippen molar-refractivity contribution in [2.45, 2.75) is 45.4 Å². The molecular formula is C27H24F4. The Bertz CT molecular complexity index is 1100.